The molecule has 1 heterocycles. The maximum atomic E-state index is 8.61. The van der Waals surface area contributed by atoms with Crippen molar-refractivity contribution in [2.45, 2.75) is 6.04 Å². The molecule has 1 aromatic heterocycles. The molecule has 0 aliphatic heterocycles. The average Bonchev–Trinajstić information content (AvgIpc) is 2.34. The van der Waals surface area contributed by atoms with Crippen molar-refractivity contribution in [3.05, 3.63) is 15.5 Å². The summed E-state index contributed by atoms with van der Waals surface area (Å²) in [5, 5.41) is 8.61. The molecule has 3 N–H and O–H groups in total. The van der Waals surface area contributed by atoms with Crippen LogP contribution < -0.4 is 5.73 Å². The molecule has 1 aromatic rings. The minimum atomic E-state index is -0.343. The van der Waals surface area contributed by atoms with Gasteiger partial charge in [-0.25, -0.2) is 4.98 Å². The number of nitrogens with two attached hydrogens (primary N) is 1. The van der Waals surface area contributed by atoms with Crippen LogP contribution in [0.2, 0.25) is 4.47 Å². The molecule has 0 aliphatic rings. The fraction of sp³-hybridized carbons (Fsp3) is 0.400. The molecule has 1 unspecified atom stereocenters. The van der Waals surface area contributed by atoms with Gasteiger partial charge in [0.15, 0.2) is 4.47 Å². The van der Waals surface area contributed by atoms with Gasteiger partial charge < -0.3 is 10.8 Å². The lowest BCUT2D eigenvalue weighted by Gasteiger charge is -2.01. The van der Waals surface area contributed by atoms with Crippen molar-refractivity contribution in [2.75, 3.05) is 6.61 Å². The zero-order valence-corrected chi connectivity index (χ0v) is 6.69. The van der Waals surface area contributed by atoms with Gasteiger partial charge in [0, 0.05) is 11.1 Å². The normalized spacial score (nSPS) is 13.5. The SMILES string of the molecule is NC(CO)c1cnc(Cl)s1. The van der Waals surface area contributed by atoms with E-state index in [-0.39, 0.29) is 12.6 Å². The first-order valence-electron chi connectivity index (χ1n) is 2.71. The van der Waals surface area contributed by atoms with Gasteiger partial charge >= 0.3 is 0 Å². The van der Waals surface area contributed by atoms with E-state index in [4.69, 9.17) is 22.4 Å². The van der Waals surface area contributed by atoms with Gasteiger partial charge in [-0.3, -0.25) is 0 Å². The highest BCUT2D eigenvalue weighted by Crippen LogP contribution is 2.21. The minimum Gasteiger partial charge on any atom is -0.394 e. The molecule has 5 heteroatoms. The van der Waals surface area contributed by atoms with Crippen molar-refractivity contribution in [3.63, 3.8) is 0 Å². The zero-order valence-electron chi connectivity index (χ0n) is 5.12. The van der Waals surface area contributed by atoms with Crippen LogP contribution in [-0.4, -0.2) is 16.7 Å². The van der Waals surface area contributed by atoms with E-state index in [0.717, 1.165) is 4.88 Å². The third kappa shape index (κ3) is 1.67. The highest BCUT2D eigenvalue weighted by atomic mass is 35.5. The second-order valence-electron chi connectivity index (χ2n) is 1.80. The second kappa shape index (κ2) is 3.30. The number of hydrogen-bond acceptors (Lipinski definition) is 4. The molecule has 0 saturated carbocycles. The van der Waals surface area contributed by atoms with Crippen molar-refractivity contribution in [2.24, 2.45) is 5.73 Å². The van der Waals surface area contributed by atoms with Gasteiger partial charge in [-0.1, -0.05) is 11.6 Å². The smallest absolute Gasteiger partial charge is 0.183 e. The summed E-state index contributed by atoms with van der Waals surface area (Å²) in [6, 6.07) is -0.343. The van der Waals surface area contributed by atoms with Crippen molar-refractivity contribution in [1.29, 1.82) is 0 Å². The molecule has 10 heavy (non-hydrogen) atoms. The van der Waals surface area contributed by atoms with Crippen LogP contribution in [-0.2, 0) is 0 Å². The first-order valence-corrected chi connectivity index (χ1v) is 3.91. The van der Waals surface area contributed by atoms with Gasteiger partial charge in [-0.05, 0) is 0 Å². The number of rotatable bonds is 2. The zero-order chi connectivity index (χ0) is 7.56. The summed E-state index contributed by atoms with van der Waals surface area (Å²) in [7, 11) is 0. The van der Waals surface area contributed by atoms with Crippen LogP contribution in [0.25, 0.3) is 0 Å². The Labute approximate surface area is 67.5 Å². The van der Waals surface area contributed by atoms with Crippen molar-refractivity contribution >= 4 is 22.9 Å². The van der Waals surface area contributed by atoms with E-state index < -0.39 is 0 Å². The average molecular weight is 179 g/mol. The molecule has 0 aliphatic carbocycles. The fourth-order valence-corrected chi connectivity index (χ4v) is 1.47. The first-order chi connectivity index (χ1) is 4.74. The van der Waals surface area contributed by atoms with E-state index in [0.29, 0.717) is 4.47 Å². The summed E-state index contributed by atoms with van der Waals surface area (Å²) in [4.78, 5) is 4.59. The summed E-state index contributed by atoms with van der Waals surface area (Å²) < 4.78 is 0.457. The van der Waals surface area contributed by atoms with Crippen LogP contribution in [0, 0.1) is 0 Å². The van der Waals surface area contributed by atoms with Crippen LogP contribution in [0.15, 0.2) is 6.20 Å². The lowest BCUT2D eigenvalue weighted by atomic mass is 10.3. The van der Waals surface area contributed by atoms with Crippen LogP contribution >= 0.6 is 22.9 Å². The Kier molecular flexibility index (Phi) is 2.62. The molecule has 1 atom stereocenters. The Morgan fingerprint density at radius 2 is 2.60 bits per heavy atom. The van der Waals surface area contributed by atoms with E-state index in [9.17, 15) is 0 Å². The van der Waals surface area contributed by atoms with E-state index in [2.05, 4.69) is 4.98 Å². The van der Waals surface area contributed by atoms with Crippen molar-refractivity contribution in [1.82, 2.24) is 4.98 Å². The third-order valence-corrected chi connectivity index (χ3v) is 2.30. The molecular weight excluding hydrogens is 172 g/mol. The highest BCUT2D eigenvalue weighted by Gasteiger charge is 2.06. The molecule has 0 bridgehead atoms. The lowest BCUT2D eigenvalue weighted by Crippen LogP contribution is -2.12. The molecule has 0 fully saturated rings. The maximum absolute atomic E-state index is 8.61. The Balaban J connectivity index is 2.74. The standard InChI is InChI=1S/C5H7ClN2OS/c6-5-8-1-4(10-5)3(7)2-9/h1,3,9H,2,7H2. The van der Waals surface area contributed by atoms with Gasteiger partial charge in [0.1, 0.15) is 0 Å². The van der Waals surface area contributed by atoms with Crippen LogP contribution in [0.3, 0.4) is 0 Å². The first kappa shape index (κ1) is 7.94. The molecular formula is C5H7ClN2OS. The summed E-state index contributed by atoms with van der Waals surface area (Å²) in [5.74, 6) is 0. The molecule has 0 amide bonds. The molecule has 0 spiro atoms. The Morgan fingerprint density at radius 1 is 1.90 bits per heavy atom. The fourth-order valence-electron chi connectivity index (χ4n) is 0.526. The highest BCUT2D eigenvalue weighted by molar-refractivity contribution is 7.15. The quantitative estimate of drug-likeness (QED) is 0.704. The summed E-state index contributed by atoms with van der Waals surface area (Å²) in [6.07, 6.45) is 1.58. The van der Waals surface area contributed by atoms with E-state index in [1.54, 1.807) is 6.20 Å². The van der Waals surface area contributed by atoms with E-state index in [1.165, 1.54) is 11.3 Å². The molecule has 1 rings (SSSR count). The van der Waals surface area contributed by atoms with Gasteiger partial charge in [-0.15, -0.1) is 11.3 Å². The molecule has 0 radical (unpaired) electrons. The van der Waals surface area contributed by atoms with Crippen molar-refractivity contribution in [3.8, 4) is 0 Å². The number of aromatic nitrogens is 1. The molecule has 0 aromatic carbocycles. The predicted molar refractivity (Wildman–Crippen MR) is 41.1 cm³/mol. The molecule has 0 saturated heterocycles. The number of halogens is 1. The van der Waals surface area contributed by atoms with Gasteiger partial charge in [0.25, 0.3) is 0 Å². The Morgan fingerprint density at radius 3 is 3.00 bits per heavy atom. The third-order valence-electron chi connectivity index (χ3n) is 1.06. The van der Waals surface area contributed by atoms with Gasteiger partial charge in [-0.2, -0.15) is 0 Å². The van der Waals surface area contributed by atoms with Crippen LogP contribution in [0.5, 0.6) is 0 Å². The summed E-state index contributed by atoms with van der Waals surface area (Å²) in [5.41, 5.74) is 5.47. The maximum Gasteiger partial charge on any atom is 0.183 e. The summed E-state index contributed by atoms with van der Waals surface area (Å²) >= 11 is 6.82. The minimum absolute atomic E-state index is 0.0709. The number of aliphatic hydroxyl groups is 1. The molecule has 3 nitrogen and oxygen atoms in total. The van der Waals surface area contributed by atoms with Gasteiger partial charge in [0.2, 0.25) is 0 Å². The predicted octanol–water partition coefficient (Wildman–Crippen LogP) is 0.789. The number of nitrogens with zero attached hydrogens (tertiary/aromatic N) is 1. The van der Waals surface area contributed by atoms with Crippen molar-refractivity contribution < 1.29 is 5.11 Å². The lowest BCUT2D eigenvalue weighted by molar-refractivity contribution is 0.269. The largest absolute Gasteiger partial charge is 0.394 e. The number of aliphatic hydroxyl groups excluding tert-OH is 1. The second-order valence-corrected chi connectivity index (χ2v) is 3.45. The number of hydrogen-bond donors (Lipinski definition) is 2. The number of thiazole rings is 1. The van der Waals surface area contributed by atoms with Crippen LogP contribution in [0.4, 0.5) is 0 Å². The Hall–Kier alpha value is -0.160. The topological polar surface area (TPSA) is 59.1 Å². The van der Waals surface area contributed by atoms with E-state index >= 15 is 0 Å². The van der Waals surface area contributed by atoms with Gasteiger partial charge in [0.05, 0.1) is 12.6 Å². The monoisotopic (exact) mass is 178 g/mol. The van der Waals surface area contributed by atoms with E-state index in [1.807, 2.05) is 0 Å². The Bertz CT molecular complexity index is 215. The molecule has 56 valence electrons. The summed E-state index contributed by atoms with van der Waals surface area (Å²) in [6.45, 7) is -0.0709. The van der Waals surface area contributed by atoms with Crippen LogP contribution in [0.1, 0.15) is 10.9 Å².